The lowest BCUT2D eigenvalue weighted by atomic mass is 9.68. The van der Waals surface area contributed by atoms with Crippen molar-refractivity contribution < 1.29 is 12.6 Å². The van der Waals surface area contributed by atoms with E-state index in [1.165, 1.54) is 22.0 Å². The molecule has 0 saturated carbocycles. The fraction of sp³-hybridized carbons (Fsp3) is 0.529. The highest BCUT2D eigenvalue weighted by molar-refractivity contribution is 7.85. The quantitative estimate of drug-likeness (QED) is 0.844. The van der Waals surface area contributed by atoms with Crippen LogP contribution in [-0.4, -0.2) is 38.9 Å². The standard InChI is InChI=1S/C17H22N2O3S/c1-17(10-22-23(2,20)21)7-13-12-4-3-5-14-16(12)11(8-18-14)6-15(13)19-9-17/h3-5,8,13,15,18-19H,6-7,9-10H2,1-2H3/t13-,15-,17?/m1/s1. The Balaban J connectivity index is 1.66. The maximum atomic E-state index is 11.3. The summed E-state index contributed by atoms with van der Waals surface area (Å²) in [7, 11) is -3.40. The van der Waals surface area contributed by atoms with Crippen molar-refractivity contribution in [2.75, 3.05) is 19.4 Å². The molecule has 0 radical (unpaired) electrons. The summed E-state index contributed by atoms with van der Waals surface area (Å²) in [4.78, 5) is 3.36. The van der Waals surface area contributed by atoms with Gasteiger partial charge < -0.3 is 10.3 Å². The van der Waals surface area contributed by atoms with Crippen LogP contribution in [0.2, 0.25) is 0 Å². The number of aromatic nitrogens is 1. The van der Waals surface area contributed by atoms with Gasteiger partial charge in [-0.2, -0.15) is 8.42 Å². The minimum Gasteiger partial charge on any atom is -0.361 e. The molecule has 5 nitrogen and oxygen atoms in total. The van der Waals surface area contributed by atoms with E-state index in [0.717, 1.165) is 25.6 Å². The maximum absolute atomic E-state index is 11.3. The van der Waals surface area contributed by atoms with E-state index in [4.69, 9.17) is 4.18 Å². The Labute approximate surface area is 136 Å². The third-order valence-electron chi connectivity index (χ3n) is 5.27. The second-order valence-electron chi connectivity index (χ2n) is 7.36. The van der Waals surface area contributed by atoms with Crippen LogP contribution >= 0.6 is 0 Å². The summed E-state index contributed by atoms with van der Waals surface area (Å²) in [6, 6.07) is 6.83. The Morgan fingerprint density at radius 1 is 1.39 bits per heavy atom. The van der Waals surface area contributed by atoms with Gasteiger partial charge in [0.25, 0.3) is 10.1 Å². The highest BCUT2D eigenvalue weighted by Gasteiger charge is 2.41. The van der Waals surface area contributed by atoms with Crippen molar-refractivity contribution >= 4 is 21.0 Å². The third-order valence-corrected chi connectivity index (χ3v) is 5.82. The van der Waals surface area contributed by atoms with Gasteiger partial charge in [-0.05, 0) is 30.0 Å². The Morgan fingerprint density at radius 2 is 2.22 bits per heavy atom. The van der Waals surface area contributed by atoms with Gasteiger partial charge in [0.15, 0.2) is 0 Å². The number of hydrogen-bond donors (Lipinski definition) is 2. The number of piperidine rings is 1. The van der Waals surface area contributed by atoms with Crippen molar-refractivity contribution in [2.24, 2.45) is 5.41 Å². The van der Waals surface area contributed by atoms with E-state index >= 15 is 0 Å². The predicted octanol–water partition coefficient (Wildman–Crippen LogP) is 2.15. The number of H-pyrrole nitrogens is 1. The van der Waals surface area contributed by atoms with Crippen LogP contribution in [-0.2, 0) is 20.7 Å². The molecule has 2 aliphatic rings. The molecule has 3 atom stereocenters. The van der Waals surface area contributed by atoms with Crippen molar-refractivity contribution in [1.82, 2.24) is 10.3 Å². The van der Waals surface area contributed by atoms with Crippen LogP contribution in [0.15, 0.2) is 24.4 Å². The summed E-state index contributed by atoms with van der Waals surface area (Å²) in [6.07, 6.45) is 5.18. The van der Waals surface area contributed by atoms with Crippen LogP contribution in [0, 0.1) is 5.41 Å². The van der Waals surface area contributed by atoms with Gasteiger partial charge >= 0.3 is 0 Å². The average Bonchev–Trinajstić information content (AvgIpc) is 2.91. The van der Waals surface area contributed by atoms with E-state index in [2.05, 4.69) is 41.6 Å². The van der Waals surface area contributed by atoms with E-state index < -0.39 is 10.1 Å². The van der Waals surface area contributed by atoms with Crippen molar-refractivity contribution in [2.45, 2.75) is 31.7 Å². The molecule has 2 aromatic rings. The monoisotopic (exact) mass is 334 g/mol. The van der Waals surface area contributed by atoms with Crippen LogP contribution in [0.25, 0.3) is 10.9 Å². The first-order chi connectivity index (χ1) is 10.8. The second kappa shape index (κ2) is 5.06. The van der Waals surface area contributed by atoms with Crippen LogP contribution in [0.1, 0.15) is 30.4 Å². The second-order valence-corrected chi connectivity index (χ2v) is 9.01. The first-order valence-electron chi connectivity index (χ1n) is 8.01. The highest BCUT2D eigenvalue weighted by atomic mass is 32.2. The van der Waals surface area contributed by atoms with Crippen molar-refractivity contribution in [1.29, 1.82) is 0 Å². The summed E-state index contributed by atoms with van der Waals surface area (Å²) >= 11 is 0. The number of rotatable bonds is 3. The molecule has 1 fully saturated rings. The van der Waals surface area contributed by atoms with Crippen LogP contribution in [0.5, 0.6) is 0 Å². The molecule has 1 unspecified atom stereocenters. The molecule has 1 aliphatic carbocycles. The molecule has 0 spiro atoms. The van der Waals surface area contributed by atoms with Crippen molar-refractivity contribution in [3.8, 4) is 0 Å². The van der Waals surface area contributed by atoms with Crippen molar-refractivity contribution in [3.63, 3.8) is 0 Å². The maximum Gasteiger partial charge on any atom is 0.264 e. The molecule has 2 N–H and O–H groups in total. The predicted molar refractivity (Wildman–Crippen MR) is 90.1 cm³/mol. The fourth-order valence-corrected chi connectivity index (χ4v) is 4.66. The molecule has 0 bridgehead atoms. The summed E-state index contributed by atoms with van der Waals surface area (Å²) < 4.78 is 27.8. The molecule has 4 rings (SSSR count). The molecule has 1 aromatic heterocycles. The minimum atomic E-state index is -3.40. The number of benzene rings is 1. The topological polar surface area (TPSA) is 71.2 Å². The zero-order valence-corrected chi connectivity index (χ0v) is 14.2. The Hall–Kier alpha value is -1.37. The van der Waals surface area contributed by atoms with E-state index in [1.54, 1.807) is 0 Å². The lowest BCUT2D eigenvalue weighted by Crippen LogP contribution is -2.52. The van der Waals surface area contributed by atoms with Crippen LogP contribution in [0.3, 0.4) is 0 Å². The zero-order valence-electron chi connectivity index (χ0n) is 13.4. The van der Waals surface area contributed by atoms with Gasteiger partial charge in [-0.15, -0.1) is 0 Å². The van der Waals surface area contributed by atoms with Gasteiger partial charge in [0, 0.05) is 41.0 Å². The first-order valence-corrected chi connectivity index (χ1v) is 9.83. The number of nitrogens with one attached hydrogen (secondary N) is 2. The SMILES string of the molecule is CC1(COS(C)(=O)=O)CN[C@@H]2Cc3c[nH]c4cccc(c34)[C@H]2C1. The lowest BCUT2D eigenvalue weighted by Gasteiger charge is -2.45. The minimum absolute atomic E-state index is 0.180. The van der Waals surface area contributed by atoms with Gasteiger partial charge in [-0.25, -0.2) is 0 Å². The normalized spacial score (nSPS) is 30.3. The van der Waals surface area contributed by atoms with E-state index in [-0.39, 0.29) is 12.0 Å². The Kier molecular flexibility index (Phi) is 3.34. The largest absolute Gasteiger partial charge is 0.361 e. The fourth-order valence-electron chi connectivity index (χ4n) is 4.16. The molecular weight excluding hydrogens is 312 g/mol. The van der Waals surface area contributed by atoms with Gasteiger partial charge in [0.2, 0.25) is 0 Å². The Morgan fingerprint density at radius 3 is 3.00 bits per heavy atom. The van der Waals surface area contributed by atoms with Gasteiger partial charge in [-0.1, -0.05) is 19.1 Å². The van der Waals surface area contributed by atoms with Gasteiger partial charge in [0.1, 0.15) is 0 Å². The summed E-state index contributed by atoms with van der Waals surface area (Å²) in [5, 5.41) is 4.98. The van der Waals surface area contributed by atoms with Gasteiger partial charge in [0.05, 0.1) is 12.9 Å². The number of aromatic amines is 1. The molecule has 1 saturated heterocycles. The molecule has 6 heteroatoms. The molecule has 23 heavy (non-hydrogen) atoms. The van der Waals surface area contributed by atoms with Gasteiger partial charge in [-0.3, -0.25) is 4.18 Å². The summed E-state index contributed by atoms with van der Waals surface area (Å²) in [5.41, 5.74) is 3.75. The third kappa shape index (κ3) is 2.69. The summed E-state index contributed by atoms with van der Waals surface area (Å²) in [5.74, 6) is 0.393. The number of hydrogen-bond acceptors (Lipinski definition) is 4. The Bertz CT molecular complexity index is 858. The van der Waals surface area contributed by atoms with E-state index in [0.29, 0.717) is 12.0 Å². The molecule has 1 aromatic carbocycles. The van der Waals surface area contributed by atoms with Crippen LogP contribution < -0.4 is 5.32 Å². The van der Waals surface area contributed by atoms with Crippen LogP contribution in [0.4, 0.5) is 0 Å². The average molecular weight is 334 g/mol. The molecule has 2 heterocycles. The molecular formula is C17H22N2O3S. The summed E-state index contributed by atoms with van der Waals surface area (Å²) in [6.45, 7) is 3.12. The molecule has 1 aliphatic heterocycles. The molecule has 0 amide bonds. The van der Waals surface area contributed by atoms with E-state index in [1.807, 2.05) is 0 Å². The smallest absolute Gasteiger partial charge is 0.264 e. The molecule has 124 valence electrons. The number of fused-ring (bicyclic) bond motifs is 2. The lowest BCUT2D eigenvalue weighted by molar-refractivity contribution is 0.102. The van der Waals surface area contributed by atoms with Crippen molar-refractivity contribution in [3.05, 3.63) is 35.5 Å². The zero-order chi connectivity index (χ0) is 16.2. The van der Waals surface area contributed by atoms with E-state index in [9.17, 15) is 8.42 Å². The highest BCUT2D eigenvalue weighted by Crippen LogP contribution is 2.45. The first kappa shape index (κ1) is 15.2.